The first-order chi connectivity index (χ1) is 9.72. The maximum atomic E-state index is 5.31. The fourth-order valence-corrected chi connectivity index (χ4v) is 1.73. The maximum Gasteiger partial charge on any atom is 0.191 e. The summed E-state index contributed by atoms with van der Waals surface area (Å²) in [4.78, 5) is 4.50. The van der Waals surface area contributed by atoms with Gasteiger partial charge < -0.3 is 15.1 Å². The van der Waals surface area contributed by atoms with Crippen molar-refractivity contribution >= 4 is 5.96 Å². The summed E-state index contributed by atoms with van der Waals surface area (Å²) in [5, 5.41) is 6.69. The fraction of sp³-hybridized carbons (Fsp3) is 0.562. The molecule has 4 nitrogen and oxygen atoms in total. The number of aliphatic imine (C=N–C) groups is 1. The van der Waals surface area contributed by atoms with Crippen LogP contribution in [0.25, 0.3) is 0 Å². The number of nitrogens with one attached hydrogen (secondary N) is 2. The minimum atomic E-state index is 0.657. The molecule has 0 amide bonds. The van der Waals surface area contributed by atoms with E-state index in [2.05, 4.69) is 29.1 Å². The summed E-state index contributed by atoms with van der Waals surface area (Å²) in [6.07, 6.45) is 6.20. The maximum absolute atomic E-state index is 5.31. The van der Waals surface area contributed by atoms with Crippen LogP contribution in [0.2, 0.25) is 0 Å². The number of furan rings is 1. The van der Waals surface area contributed by atoms with E-state index >= 15 is 0 Å². The Hall–Kier alpha value is -1.71. The molecular formula is C16H27N3O. The summed E-state index contributed by atoms with van der Waals surface area (Å²) in [6, 6.07) is 3.90. The highest BCUT2D eigenvalue weighted by Crippen LogP contribution is 1.99. The van der Waals surface area contributed by atoms with Crippen LogP contribution in [0.3, 0.4) is 0 Å². The van der Waals surface area contributed by atoms with Gasteiger partial charge in [0.05, 0.1) is 12.8 Å². The van der Waals surface area contributed by atoms with Gasteiger partial charge in [-0.05, 0) is 25.5 Å². The minimum Gasteiger partial charge on any atom is -0.469 e. The zero-order valence-electron chi connectivity index (χ0n) is 12.7. The number of hydrogen-bond donors (Lipinski definition) is 2. The van der Waals surface area contributed by atoms with Gasteiger partial charge in [-0.3, -0.25) is 0 Å². The van der Waals surface area contributed by atoms with Crippen molar-refractivity contribution in [1.82, 2.24) is 10.6 Å². The second-order valence-corrected chi connectivity index (χ2v) is 5.01. The molecule has 1 aromatic heterocycles. The molecule has 0 saturated heterocycles. The summed E-state index contributed by atoms with van der Waals surface area (Å²) in [7, 11) is 0. The standard InChI is InChI=1S/C16H27N3O/c1-4-5-6-10-17-16(19-13-14(2)3)18-11-9-15-8-7-12-20-15/h7-8,12H,2,4-6,9-11,13H2,1,3H3,(H2,17,18,19). The second-order valence-electron chi connectivity index (χ2n) is 5.01. The minimum absolute atomic E-state index is 0.657. The molecule has 20 heavy (non-hydrogen) atoms. The van der Waals surface area contributed by atoms with Crippen LogP contribution in [-0.4, -0.2) is 25.6 Å². The van der Waals surface area contributed by atoms with Crippen molar-refractivity contribution in [2.75, 3.05) is 19.6 Å². The van der Waals surface area contributed by atoms with Gasteiger partial charge in [0.25, 0.3) is 0 Å². The third-order valence-electron chi connectivity index (χ3n) is 2.82. The van der Waals surface area contributed by atoms with Crippen LogP contribution < -0.4 is 10.6 Å². The monoisotopic (exact) mass is 277 g/mol. The molecule has 4 heteroatoms. The first kappa shape index (κ1) is 16.3. The normalized spacial score (nSPS) is 11.4. The van der Waals surface area contributed by atoms with E-state index < -0.39 is 0 Å². The summed E-state index contributed by atoms with van der Waals surface area (Å²) in [5.74, 6) is 1.85. The van der Waals surface area contributed by atoms with Gasteiger partial charge in [0.1, 0.15) is 5.76 Å². The van der Waals surface area contributed by atoms with Gasteiger partial charge >= 0.3 is 0 Å². The molecule has 0 saturated carbocycles. The summed E-state index contributed by atoms with van der Waals surface area (Å²) >= 11 is 0. The molecule has 1 rings (SSSR count). The van der Waals surface area contributed by atoms with Gasteiger partial charge in [-0.1, -0.05) is 31.9 Å². The van der Waals surface area contributed by atoms with Gasteiger partial charge in [0, 0.05) is 19.5 Å². The van der Waals surface area contributed by atoms with Crippen LogP contribution in [0.15, 0.2) is 40.0 Å². The van der Waals surface area contributed by atoms with Crippen molar-refractivity contribution in [3.8, 4) is 0 Å². The first-order valence-electron chi connectivity index (χ1n) is 7.41. The first-order valence-corrected chi connectivity index (χ1v) is 7.41. The van der Waals surface area contributed by atoms with E-state index in [0.29, 0.717) is 6.54 Å². The highest BCUT2D eigenvalue weighted by atomic mass is 16.3. The lowest BCUT2D eigenvalue weighted by atomic mass is 10.2. The molecule has 0 aliphatic heterocycles. The lowest BCUT2D eigenvalue weighted by Crippen LogP contribution is -2.39. The topological polar surface area (TPSA) is 49.6 Å². The Labute approximate surface area is 122 Å². The third kappa shape index (κ3) is 7.67. The van der Waals surface area contributed by atoms with Gasteiger partial charge in [0.2, 0.25) is 0 Å². The Morgan fingerprint density at radius 1 is 1.30 bits per heavy atom. The number of guanidine groups is 1. The predicted octanol–water partition coefficient (Wildman–Crippen LogP) is 3.12. The Balaban J connectivity index is 2.32. The van der Waals surface area contributed by atoms with Crippen molar-refractivity contribution in [2.45, 2.75) is 39.5 Å². The van der Waals surface area contributed by atoms with Crippen molar-refractivity contribution in [3.05, 3.63) is 36.3 Å². The molecule has 1 heterocycles. The quantitative estimate of drug-likeness (QED) is 0.315. The number of nitrogens with zero attached hydrogens (tertiary/aromatic N) is 1. The van der Waals surface area contributed by atoms with Gasteiger partial charge in [-0.25, -0.2) is 4.99 Å². The molecule has 0 radical (unpaired) electrons. The van der Waals surface area contributed by atoms with Crippen LogP contribution in [0.1, 0.15) is 38.9 Å². The van der Waals surface area contributed by atoms with Crippen molar-refractivity contribution in [2.24, 2.45) is 4.99 Å². The molecule has 0 aromatic carbocycles. The number of hydrogen-bond acceptors (Lipinski definition) is 2. The van der Waals surface area contributed by atoms with E-state index in [-0.39, 0.29) is 0 Å². The summed E-state index contributed by atoms with van der Waals surface area (Å²) < 4.78 is 5.31. The van der Waals surface area contributed by atoms with Crippen LogP contribution in [0.5, 0.6) is 0 Å². The van der Waals surface area contributed by atoms with Crippen molar-refractivity contribution in [3.63, 3.8) is 0 Å². The van der Waals surface area contributed by atoms with Crippen LogP contribution in [0.4, 0.5) is 0 Å². The molecule has 112 valence electrons. The fourth-order valence-electron chi connectivity index (χ4n) is 1.73. The van der Waals surface area contributed by atoms with Crippen LogP contribution in [0, 0.1) is 0 Å². The molecule has 0 fully saturated rings. The summed E-state index contributed by atoms with van der Waals surface area (Å²) in [5.41, 5.74) is 1.06. The van der Waals surface area contributed by atoms with Gasteiger partial charge in [-0.2, -0.15) is 0 Å². The Morgan fingerprint density at radius 2 is 2.10 bits per heavy atom. The molecular weight excluding hydrogens is 250 g/mol. The molecule has 0 unspecified atom stereocenters. The largest absolute Gasteiger partial charge is 0.469 e. The second kappa shape index (κ2) is 10.1. The average molecular weight is 277 g/mol. The predicted molar refractivity (Wildman–Crippen MR) is 85.1 cm³/mol. The van der Waals surface area contributed by atoms with Crippen molar-refractivity contribution < 1.29 is 4.42 Å². The van der Waals surface area contributed by atoms with Crippen molar-refractivity contribution in [1.29, 1.82) is 0 Å². The molecule has 0 aliphatic carbocycles. The van der Waals surface area contributed by atoms with Gasteiger partial charge in [0.15, 0.2) is 5.96 Å². The Kier molecular flexibility index (Phi) is 8.27. The number of rotatable bonds is 9. The zero-order valence-corrected chi connectivity index (χ0v) is 12.7. The lowest BCUT2D eigenvalue weighted by molar-refractivity contribution is 0.506. The molecule has 0 spiro atoms. The highest BCUT2D eigenvalue weighted by Gasteiger charge is 2.00. The van der Waals surface area contributed by atoms with Gasteiger partial charge in [-0.15, -0.1) is 0 Å². The zero-order chi connectivity index (χ0) is 14.6. The molecule has 0 bridgehead atoms. The number of unbranched alkanes of at least 4 members (excludes halogenated alkanes) is 2. The van der Waals surface area contributed by atoms with E-state index in [0.717, 1.165) is 36.8 Å². The SMILES string of the molecule is C=C(C)CN=C(NCCCCC)NCCc1ccco1. The van der Waals surface area contributed by atoms with Crippen LogP contribution in [-0.2, 0) is 6.42 Å². The summed E-state index contributed by atoms with van der Waals surface area (Å²) in [6.45, 7) is 10.5. The molecule has 0 atom stereocenters. The smallest absolute Gasteiger partial charge is 0.191 e. The molecule has 1 aromatic rings. The Morgan fingerprint density at radius 3 is 2.75 bits per heavy atom. The average Bonchev–Trinajstić information content (AvgIpc) is 2.93. The van der Waals surface area contributed by atoms with E-state index in [9.17, 15) is 0 Å². The van der Waals surface area contributed by atoms with Crippen LogP contribution >= 0.6 is 0 Å². The molecule has 0 aliphatic rings. The van der Waals surface area contributed by atoms with E-state index in [1.165, 1.54) is 19.3 Å². The highest BCUT2D eigenvalue weighted by molar-refractivity contribution is 5.79. The Bertz CT molecular complexity index is 396. The van der Waals surface area contributed by atoms with E-state index in [1.54, 1.807) is 6.26 Å². The van der Waals surface area contributed by atoms with E-state index in [1.807, 2.05) is 19.1 Å². The lowest BCUT2D eigenvalue weighted by Gasteiger charge is -2.12. The third-order valence-corrected chi connectivity index (χ3v) is 2.82. The molecule has 2 N–H and O–H groups in total. The van der Waals surface area contributed by atoms with E-state index in [4.69, 9.17) is 4.42 Å².